The van der Waals surface area contributed by atoms with Gasteiger partial charge < -0.3 is 10.2 Å². The fraction of sp³-hybridized carbons (Fsp3) is 0.400. The fourth-order valence-electron chi connectivity index (χ4n) is 2.05. The van der Waals surface area contributed by atoms with Gasteiger partial charge >= 0.3 is 0 Å². The molecule has 0 aliphatic carbocycles. The van der Waals surface area contributed by atoms with Crippen LogP contribution in [-0.2, 0) is 6.54 Å². The van der Waals surface area contributed by atoms with Gasteiger partial charge in [0, 0.05) is 24.2 Å². The maximum Gasteiger partial charge on any atom is 0.128 e. The van der Waals surface area contributed by atoms with Gasteiger partial charge in [-0.2, -0.15) is 0 Å². The molecule has 2 aromatic heterocycles. The molecule has 2 rings (SSSR count). The Labute approximate surface area is 119 Å². The molecule has 19 heavy (non-hydrogen) atoms. The van der Waals surface area contributed by atoms with Crippen molar-refractivity contribution in [1.82, 2.24) is 10.3 Å². The molecule has 0 aromatic carbocycles. The Morgan fingerprint density at radius 3 is 2.95 bits per heavy atom. The van der Waals surface area contributed by atoms with Crippen LogP contribution in [0, 0.1) is 0 Å². The van der Waals surface area contributed by atoms with Gasteiger partial charge in [-0.1, -0.05) is 13.0 Å². The SMILES string of the molecule is CCNC(C)c1ccnc(N(C)Cc2cccs2)c1. The zero-order valence-corrected chi connectivity index (χ0v) is 12.6. The van der Waals surface area contributed by atoms with E-state index in [1.165, 1.54) is 10.4 Å². The van der Waals surface area contributed by atoms with Crippen molar-refractivity contribution in [2.75, 3.05) is 18.5 Å². The van der Waals surface area contributed by atoms with Gasteiger partial charge in [-0.15, -0.1) is 11.3 Å². The molecule has 2 heterocycles. The third-order valence-corrected chi connectivity index (χ3v) is 4.01. The summed E-state index contributed by atoms with van der Waals surface area (Å²) in [6.45, 7) is 6.19. The van der Waals surface area contributed by atoms with E-state index in [1.807, 2.05) is 6.20 Å². The molecule has 2 aromatic rings. The molecule has 1 N–H and O–H groups in total. The standard InChI is InChI=1S/C15H21N3S/c1-4-16-12(2)13-7-8-17-15(10-13)18(3)11-14-6-5-9-19-14/h5-10,12,16H,4,11H2,1-3H3. The zero-order valence-electron chi connectivity index (χ0n) is 11.8. The summed E-state index contributed by atoms with van der Waals surface area (Å²) in [6.07, 6.45) is 1.89. The van der Waals surface area contributed by atoms with E-state index in [2.05, 4.69) is 65.7 Å². The van der Waals surface area contributed by atoms with E-state index in [0.29, 0.717) is 6.04 Å². The minimum atomic E-state index is 0.363. The van der Waals surface area contributed by atoms with Crippen LogP contribution in [0.15, 0.2) is 35.8 Å². The number of nitrogens with zero attached hydrogens (tertiary/aromatic N) is 2. The maximum atomic E-state index is 4.47. The van der Waals surface area contributed by atoms with Crippen LogP contribution in [0.4, 0.5) is 5.82 Å². The first-order valence-electron chi connectivity index (χ1n) is 6.63. The second kappa shape index (κ2) is 6.68. The van der Waals surface area contributed by atoms with Crippen molar-refractivity contribution in [2.45, 2.75) is 26.4 Å². The summed E-state index contributed by atoms with van der Waals surface area (Å²) in [6, 6.07) is 8.86. The number of pyridine rings is 1. The summed E-state index contributed by atoms with van der Waals surface area (Å²) >= 11 is 1.78. The number of anilines is 1. The van der Waals surface area contributed by atoms with Gasteiger partial charge in [0.15, 0.2) is 0 Å². The highest BCUT2D eigenvalue weighted by Gasteiger charge is 2.08. The molecule has 1 atom stereocenters. The van der Waals surface area contributed by atoms with Crippen molar-refractivity contribution in [3.63, 3.8) is 0 Å². The van der Waals surface area contributed by atoms with Crippen LogP contribution in [-0.4, -0.2) is 18.6 Å². The second-order valence-corrected chi connectivity index (χ2v) is 5.69. The van der Waals surface area contributed by atoms with E-state index in [0.717, 1.165) is 18.9 Å². The molecule has 102 valence electrons. The van der Waals surface area contributed by atoms with Crippen molar-refractivity contribution in [2.24, 2.45) is 0 Å². The number of hydrogen-bond acceptors (Lipinski definition) is 4. The fourth-order valence-corrected chi connectivity index (χ4v) is 2.81. The minimum absolute atomic E-state index is 0.363. The molecule has 0 radical (unpaired) electrons. The van der Waals surface area contributed by atoms with Crippen LogP contribution in [0.3, 0.4) is 0 Å². The van der Waals surface area contributed by atoms with E-state index < -0.39 is 0 Å². The zero-order chi connectivity index (χ0) is 13.7. The minimum Gasteiger partial charge on any atom is -0.355 e. The second-order valence-electron chi connectivity index (χ2n) is 4.66. The predicted octanol–water partition coefficient (Wildman–Crippen LogP) is 3.45. The number of nitrogens with one attached hydrogen (secondary N) is 1. The summed E-state index contributed by atoms with van der Waals surface area (Å²) in [7, 11) is 2.09. The van der Waals surface area contributed by atoms with Crippen molar-refractivity contribution in [3.05, 3.63) is 46.3 Å². The van der Waals surface area contributed by atoms with Crippen LogP contribution in [0.1, 0.15) is 30.3 Å². The van der Waals surface area contributed by atoms with Crippen LogP contribution in [0.2, 0.25) is 0 Å². The average molecular weight is 275 g/mol. The highest BCUT2D eigenvalue weighted by molar-refractivity contribution is 7.09. The molecule has 3 nitrogen and oxygen atoms in total. The monoisotopic (exact) mass is 275 g/mol. The summed E-state index contributed by atoms with van der Waals surface area (Å²) in [5.74, 6) is 1.02. The van der Waals surface area contributed by atoms with Crippen molar-refractivity contribution >= 4 is 17.2 Å². The largest absolute Gasteiger partial charge is 0.355 e. The lowest BCUT2D eigenvalue weighted by molar-refractivity contribution is 0.597. The van der Waals surface area contributed by atoms with E-state index in [4.69, 9.17) is 0 Å². The molecular formula is C15H21N3S. The van der Waals surface area contributed by atoms with Crippen LogP contribution < -0.4 is 10.2 Å². The Balaban J connectivity index is 2.09. The lowest BCUT2D eigenvalue weighted by Gasteiger charge is -2.19. The van der Waals surface area contributed by atoms with Gasteiger partial charge in [0.2, 0.25) is 0 Å². The molecule has 0 saturated heterocycles. The Hall–Kier alpha value is -1.39. The Morgan fingerprint density at radius 2 is 2.26 bits per heavy atom. The first kappa shape index (κ1) is 14.0. The summed E-state index contributed by atoms with van der Waals surface area (Å²) in [5, 5.41) is 5.54. The topological polar surface area (TPSA) is 28.2 Å². The number of hydrogen-bond donors (Lipinski definition) is 1. The van der Waals surface area contributed by atoms with E-state index >= 15 is 0 Å². The van der Waals surface area contributed by atoms with E-state index in [9.17, 15) is 0 Å². The first-order chi connectivity index (χ1) is 9.20. The lowest BCUT2D eigenvalue weighted by atomic mass is 10.1. The van der Waals surface area contributed by atoms with Crippen molar-refractivity contribution in [3.8, 4) is 0 Å². The summed E-state index contributed by atoms with van der Waals surface area (Å²) < 4.78 is 0. The maximum absolute atomic E-state index is 4.47. The molecule has 0 saturated carbocycles. The van der Waals surface area contributed by atoms with Crippen molar-refractivity contribution in [1.29, 1.82) is 0 Å². The molecule has 0 bridgehead atoms. The van der Waals surface area contributed by atoms with Gasteiger partial charge in [0.1, 0.15) is 5.82 Å². The first-order valence-corrected chi connectivity index (χ1v) is 7.51. The Bertz CT molecular complexity index is 496. The molecule has 0 aliphatic rings. The van der Waals surface area contributed by atoms with Gasteiger partial charge in [0.05, 0.1) is 6.54 Å². The molecule has 0 aliphatic heterocycles. The van der Waals surface area contributed by atoms with Gasteiger partial charge in [-0.25, -0.2) is 4.98 Å². The normalized spacial score (nSPS) is 12.4. The summed E-state index contributed by atoms with van der Waals surface area (Å²) in [4.78, 5) is 8.01. The van der Waals surface area contributed by atoms with Crippen LogP contribution >= 0.6 is 11.3 Å². The lowest BCUT2D eigenvalue weighted by Crippen LogP contribution is -2.20. The molecule has 0 amide bonds. The van der Waals surface area contributed by atoms with Gasteiger partial charge in [-0.05, 0) is 42.6 Å². The molecule has 0 fully saturated rings. The van der Waals surface area contributed by atoms with Gasteiger partial charge in [-0.3, -0.25) is 0 Å². The number of rotatable bonds is 6. The summed E-state index contributed by atoms with van der Waals surface area (Å²) in [5.41, 5.74) is 1.28. The Morgan fingerprint density at radius 1 is 1.42 bits per heavy atom. The number of aromatic nitrogens is 1. The smallest absolute Gasteiger partial charge is 0.128 e. The average Bonchev–Trinajstić information content (AvgIpc) is 2.92. The molecule has 4 heteroatoms. The third-order valence-electron chi connectivity index (χ3n) is 3.14. The predicted molar refractivity (Wildman–Crippen MR) is 82.8 cm³/mol. The van der Waals surface area contributed by atoms with Crippen LogP contribution in [0.5, 0.6) is 0 Å². The highest BCUT2D eigenvalue weighted by Crippen LogP contribution is 2.20. The third kappa shape index (κ3) is 3.78. The number of thiophene rings is 1. The quantitative estimate of drug-likeness (QED) is 0.875. The van der Waals surface area contributed by atoms with Crippen LogP contribution in [0.25, 0.3) is 0 Å². The Kier molecular flexibility index (Phi) is 4.93. The molecule has 1 unspecified atom stereocenters. The van der Waals surface area contributed by atoms with E-state index in [1.54, 1.807) is 11.3 Å². The highest BCUT2D eigenvalue weighted by atomic mass is 32.1. The van der Waals surface area contributed by atoms with E-state index in [-0.39, 0.29) is 0 Å². The van der Waals surface area contributed by atoms with Crippen molar-refractivity contribution < 1.29 is 0 Å². The molecule has 0 spiro atoms. The molecular weight excluding hydrogens is 254 g/mol. The van der Waals surface area contributed by atoms with Gasteiger partial charge in [0.25, 0.3) is 0 Å².